The highest BCUT2D eigenvalue weighted by molar-refractivity contribution is 7.17. The molecule has 4 aromatic rings. The summed E-state index contributed by atoms with van der Waals surface area (Å²) in [7, 11) is 0. The number of fused-ring (bicyclic) bond motifs is 1. The summed E-state index contributed by atoms with van der Waals surface area (Å²) in [4.78, 5) is 12.1. The molecular formula is C21H18N2O3S. The van der Waals surface area contributed by atoms with Crippen molar-refractivity contribution in [1.29, 1.82) is 0 Å². The first-order chi connectivity index (χ1) is 13.2. The zero-order valence-electron chi connectivity index (χ0n) is 14.8. The van der Waals surface area contributed by atoms with Crippen molar-refractivity contribution in [1.82, 2.24) is 10.2 Å². The molecule has 0 spiro atoms. The second kappa shape index (κ2) is 7.72. The molecule has 0 unspecified atom stereocenters. The smallest absolute Gasteiger partial charge is 0.306 e. The van der Waals surface area contributed by atoms with Gasteiger partial charge in [-0.15, -0.1) is 21.5 Å². The maximum atomic E-state index is 12.1. The predicted octanol–water partition coefficient (Wildman–Crippen LogP) is 4.94. The van der Waals surface area contributed by atoms with Crippen molar-refractivity contribution in [2.45, 2.75) is 26.4 Å². The van der Waals surface area contributed by atoms with Crippen LogP contribution in [-0.2, 0) is 22.6 Å². The molecule has 0 bridgehead atoms. The molecule has 0 amide bonds. The Labute approximate surface area is 160 Å². The third-order valence-corrected chi connectivity index (χ3v) is 5.27. The summed E-state index contributed by atoms with van der Waals surface area (Å²) in [6, 6.07) is 16.0. The minimum absolute atomic E-state index is 0.206. The van der Waals surface area contributed by atoms with E-state index in [0.717, 1.165) is 16.5 Å². The highest BCUT2D eigenvalue weighted by Crippen LogP contribution is 2.26. The van der Waals surface area contributed by atoms with Crippen LogP contribution < -0.4 is 0 Å². The zero-order valence-corrected chi connectivity index (χ0v) is 15.7. The van der Waals surface area contributed by atoms with E-state index in [-0.39, 0.29) is 19.0 Å². The van der Waals surface area contributed by atoms with Gasteiger partial charge in [0.1, 0.15) is 6.61 Å². The normalized spacial score (nSPS) is 11.0. The van der Waals surface area contributed by atoms with E-state index >= 15 is 0 Å². The number of nitrogens with zero attached hydrogens (tertiary/aromatic N) is 2. The molecule has 136 valence electrons. The molecule has 0 aliphatic rings. The number of aromatic nitrogens is 2. The first kappa shape index (κ1) is 17.4. The van der Waals surface area contributed by atoms with Crippen LogP contribution >= 0.6 is 11.3 Å². The van der Waals surface area contributed by atoms with Crippen molar-refractivity contribution in [2.75, 3.05) is 0 Å². The number of aryl methyl sites for hydroxylation is 2. The van der Waals surface area contributed by atoms with Gasteiger partial charge in [-0.2, -0.15) is 0 Å². The summed E-state index contributed by atoms with van der Waals surface area (Å²) in [5.41, 5.74) is 3.06. The monoisotopic (exact) mass is 378 g/mol. The second-order valence-corrected chi connectivity index (χ2v) is 7.20. The maximum absolute atomic E-state index is 12.1. The number of carbonyl (C=O) groups is 1. The van der Waals surface area contributed by atoms with E-state index in [0.29, 0.717) is 18.2 Å². The molecule has 0 aliphatic carbocycles. The van der Waals surface area contributed by atoms with Crippen LogP contribution in [0.2, 0.25) is 0 Å². The van der Waals surface area contributed by atoms with Gasteiger partial charge < -0.3 is 9.15 Å². The van der Waals surface area contributed by atoms with E-state index in [1.54, 1.807) is 11.3 Å². The van der Waals surface area contributed by atoms with Gasteiger partial charge in [-0.3, -0.25) is 4.79 Å². The van der Waals surface area contributed by atoms with E-state index in [1.165, 1.54) is 10.3 Å². The van der Waals surface area contributed by atoms with Crippen LogP contribution in [0.25, 0.3) is 21.5 Å². The molecule has 0 N–H and O–H groups in total. The minimum Gasteiger partial charge on any atom is -0.461 e. The van der Waals surface area contributed by atoms with E-state index in [4.69, 9.17) is 9.15 Å². The lowest BCUT2D eigenvalue weighted by atomic mass is 10.1. The minimum atomic E-state index is -0.277. The Bertz CT molecular complexity index is 1070. The van der Waals surface area contributed by atoms with E-state index in [2.05, 4.69) is 16.3 Å². The van der Waals surface area contributed by atoms with Gasteiger partial charge in [-0.25, -0.2) is 0 Å². The zero-order chi connectivity index (χ0) is 18.6. The number of hydrogen-bond acceptors (Lipinski definition) is 6. The average Bonchev–Trinajstić information content (AvgIpc) is 3.32. The van der Waals surface area contributed by atoms with Gasteiger partial charge in [0, 0.05) is 22.2 Å². The van der Waals surface area contributed by atoms with E-state index in [9.17, 15) is 4.79 Å². The van der Waals surface area contributed by atoms with Crippen LogP contribution in [0.4, 0.5) is 0 Å². The summed E-state index contributed by atoms with van der Waals surface area (Å²) in [5.74, 6) is 0.618. The fourth-order valence-corrected chi connectivity index (χ4v) is 3.70. The van der Waals surface area contributed by atoms with Crippen LogP contribution in [0.1, 0.15) is 23.4 Å². The summed E-state index contributed by atoms with van der Waals surface area (Å²) in [6.07, 6.45) is 0.569. The van der Waals surface area contributed by atoms with E-state index in [1.807, 2.05) is 54.8 Å². The number of rotatable bonds is 6. The lowest BCUT2D eigenvalue weighted by molar-refractivity contribution is -0.144. The molecular weight excluding hydrogens is 360 g/mol. The molecule has 2 heterocycles. The SMILES string of the molecule is Cc1ccc(-c2nnc(CCC(=O)OCc3csc4ccccc34)o2)cc1. The van der Waals surface area contributed by atoms with Crippen molar-refractivity contribution < 1.29 is 13.9 Å². The third kappa shape index (κ3) is 4.06. The second-order valence-electron chi connectivity index (χ2n) is 6.28. The van der Waals surface area contributed by atoms with Crippen molar-refractivity contribution in [3.8, 4) is 11.5 Å². The molecule has 0 fully saturated rings. The first-order valence-electron chi connectivity index (χ1n) is 8.69. The molecule has 0 saturated heterocycles. The van der Waals surface area contributed by atoms with Gasteiger partial charge >= 0.3 is 5.97 Å². The number of ether oxygens (including phenoxy) is 1. The number of esters is 1. The van der Waals surface area contributed by atoms with Gasteiger partial charge in [0.05, 0.1) is 6.42 Å². The van der Waals surface area contributed by atoms with Gasteiger partial charge in [0.2, 0.25) is 11.8 Å². The van der Waals surface area contributed by atoms with Crippen LogP contribution in [0.5, 0.6) is 0 Å². The molecule has 0 atom stereocenters. The average molecular weight is 378 g/mol. The topological polar surface area (TPSA) is 65.2 Å². The Balaban J connectivity index is 1.31. The van der Waals surface area contributed by atoms with Gasteiger partial charge in [0.15, 0.2) is 0 Å². The maximum Gasteiger partial charge on any atom is 0.306 e. The van der Waals surface area contributed by atoms with Crippen LogP contribution in [-0.4, -0.2) is 16.2 Å². The van der Waals surface area contributed by atoms with Crippen molar-refractivity contribution in [3.05, 3.63) is 70.9 Å². The molecule has 0 radical (unpaired) electrons. The summed E-state index contributed by atoms with van der Waals surface area (Å²) in [6.45, 7) is 2.30. The Kier molecular flexibility index (Phi) is 4.98. The Morgan fingerprint density at radius 1 is 1.11 bits per heavy atom. The van der Waals surface area contributed by atoms with Crippen LogP contribution in [0.15, 0.2) is 58.3 Å². The molecule has 5 nitrogen and oxygen atoms in total. The Hall–Kier alpha value is -2.99. The molecule has 4 rings (SSSR count). The van der Waals surface area contributed by atoms with Crippen molar-refractivity contribution >= 4 is 27.4 Å². The van der Waals surface area contributed by atoms with Crippen LogP contribution in [0, 0.1) is 6.92 Å². The summed E-state index contributed by atoms with van der Waals surface area (Å²) < 4.78 is 12.2. The molecule has 0 saturated carbocycles. The number of carbonyl (C=O) groups excluding carboxylic acids is 1. The molecule has 2 aromatic heterocycles. The highest BCUT2D eigenvalue weighted by Gasteiger charge is 2.12. The molecule has 27 heavy (non-hydrogen) atoms. The highest BCUT2D eigenvalue weighted by atomic mass is 32.1. The van der Waals surface area contributed by atoms with E-state index < -0.39 is 0 Å². The Morgan fingerprint density at radius 2 is 1.93 bits per heavy atom. The molecule has 6 heteroatoms. The largest absolute Gasteiger partial charge is 0.461 e. The molecule has 2 aromatic carbocycles. The fraction of sp³-hybridized carbons (Fsp3) is 0.190. The third-order valence-electron chi connectivity index (χ3n) is 4.26. The number of benzene rings is 2. The summed E-state index contributed by atoms with van der Waals surface area (Å²) >= 11 is 1.65. The number of thiophene rings is 1. The lowest BCUT2D eigenvalue weighted by Gasteiger charge is -2.03. The predicted molar refractivity (Wildman–Crippen MR) is 104 cm³/mol. The van der Waals surface area contributed by atoms with Gasteiger partial charge in [-0.05, 0) is 35.9 Å². The standard InChI is InChI=1S/C21H18N2O3S/c1-14-6-8-15(9-7-14)21-23-22-19(26-21)10-11-20(24)25-12-16-13-27-18-5-3-2-4-17(16)18/h2-9,13H,10-12H2,1H3. The van der Waals surface area contributed by atoms with Gasteiger partial charge in [0.25, 0.3) is 0 Å². The lowest BCUT2D eigenvalue weighted by Crippen LogP contribution is -2.05. The summed E-state index contributed by atoms with van der Waals surface area (Å²) in [5, 5.41) is 11.2. The van der Waals surface area contributed by atoms with Crippen molar-refractivity contribution in [2.24, 2.45) is 0 Å². The quantitative estimate of drug-likeness (QED) is 0.445. The first-order valence-corrected chi connectivity index (χ1v) is 9.57. The van der Waals surface area contributed by atoms with Gasteiger partial charge in [-0.1, -0.05) is 35.9 Å². The molecule has 0 aliphatic heterocycles. The van der Waals surface area contributed by atoms with Crippen LogP contribution in [0.3, 0.4) is 0 Å². The fourth-order valence-electron chi connectivity index (χ4n) is 2.75. The Morgan fingerprint density at radius 3 is 2.78 bits per heavy atom. The number of hydrogen-bond donors (Lipinski definition) is 0. The van der Waals surface area contributed by atoms with Crippen molar-refractivity contribution in [3.63, 3.8) is 0 Å².